The molecule has 1 aromatic carbocycles. The number of thioether (sulfide) groups is 1. The Bertz CT molecular complexity index is 585. The molecule has 1 saturated heterocycles. The Morgan fingerprint density at radius 1 is 1.42 bits per heavy atom. The molecule has 1 atom stereocenters. The largest absolute Gasteiger partial charge is 0.338 e. The highest BCUT2D eigenvalue weighted by Gasteiger charge is 2.34. The Morgan fingerprint density at radius 3 is 2.83 bits per heavy atom. The van der Waals surface area contributed by atoms with E-state index in [1.807, 2.05) is 13.8 Å². The van der Waals surface area contributed by atoms with E-state index >= 15 is 0 Å². The number of urea groups is 1. The summed E-state index contributed by atoms with van der Waals surface area (Å²) in [5.74, 6) is 0.0219. The molecule has 0 aromatic heterocycles. The summed E-state index contributed by atoms with van der Waals surface area (Å²) in [5.41, 5.74) is 0.520. The van der Waals surface area contributed by atoms with Crippen molar-refractivity contribution in [1.29, 1.82) is 0 Å². The maximum atomic E-state index is 14.0. The number of nitrogens with one attached hydrogen (secondary N) is 1. The molecule has 1 aliphatic heterocycles. The lowest BCUT2D eigenvalue weighted by atomic mass is 10.2. The van der Waals surface area contributed by atoms with E-state index in [0.29, 0.717) is 37.5 Å². The highest BCUT2D eigenvalue weighted by molar-refractivity contribution is 8.00. The smallest absolute Gasteiger partial charge is 0.317 e. The number of hydrogen-bond acceptors (Lipinski definition) is 3. The second-order valence-electron chi connectivity index (χ2n) is 5.58. The molecule has 132 valence electrons. The molecular weight excluding hydrogens is 329 g/mol. The number of halogens is 1. The third kappa shape index (κ3) is 4.41. The zero-order valence-corrected chi connectivity index (χ0v) is 14.9. The molecule has 24 heavy (non-hydrogen) atoms. The molecule has 0 unspecified atom stereocenters. The van der Waals surface area contributed by atoms with Crippen molar-refractivity contribution in [2.75, 3.05) is 31.9 Å². The molecule has 1 aliphatic rings. The van der Waals surface area contributed by atoms with Gasteiger partial charge in [-0.1, -0.05) is 25.1 Å². The van der Waals surface area contributed by atoms with Crippen molar-refractivity contribution >= 4 is 23.7 Å². The van der Waals surface area contributed by atoms with Gasteiger partial charge in [0.1, 0.15) is 11.2 Å². The summed E-state index contributed by atoms with van der Waals surface area (Å²) in [6.07, 6.45) is 0.875. The maximum absolute atomic E-state index is 14.0. The second kappa shape index (κ2) is 8.92. The van der Waals surface area contributed by atoms with Gasteiger partial charge in [-0.15, -0.1) is 11.8 Å². The average molecular weight is 353 g/mol. The molecule has 7 heteroatoms. The van der Waals surface area contributed by atoms with E-state index in [4.69, 9.17) is 0 Å². The van der Waals surface area contributed by atoms with E-state index in [1.54, 1.807) is 28.0 Å². The quantitative estimate of drug-likeness (QED) is 0.820. The van der Waals surface area contributed by atoms with Crippen LogP contribution in [0.15, 0.2) is 24.3 Å². The van der Waals surface area contributed by atoms with Crippen LogP contribution in [0.5, 0.6) is 0 Å². The summed E-state index contributed by atoms with van der Waals surface area (Å²) in [6.45, 7) is 5.93. The number of likely N-dealkylation sites (N-methyl/N-ethyl adjacent to an activating group) is 1. The van der Waals surface area contributed by atoms with Crippen LogP contribution in [0.4, 0.5) is 9.18 Å². The van der Waals surface area contributed by atoms with Crippen LogP contribution in [0, 0.1) is 5.82 Å². The predicted octanol–water partition coefficient (Wildman–Crippen LogP) is 2.84. The van der Waals surface area contributed by atoms with E-state index in [1.165, 1.54) is 17.8 Å². The van der Waals surface area contributed by atoms with E-state index in [-0.39, 0.29) is 23.1 Å². The Kier molecular flexibility index (Phi) is 6.90. The summed E-state index contributed by atoms with van der Waals surface area (Å²) in [7, 11) is 0. The minimum Gasteiger partial charge on any atom is -0.338 e. The number of benzene rings is 1. The van der Waals surface area contributed by atoms with Crippen molar-refractivity contribution in [1.82, 2.24) is 15.1 Å². The third-order valence-electron chi connectivity index (χ3n) is 3.95. The topological polar surface area (TPSA) is 52.7 Å². The standard InChI is InChI=1S/C17H24FN3O2S/c1-3-9-19-17(23)20(4-2)10-11-21-15(22)12-24-16(21)13-7-5-6-8-14(13)18/h5-8,16H,3-4,9-12H2,1-2H3,(H,19,23)/t16-/m0/s1. The van der Waals surface area contributed by atoms with Gasteiger partial charge in [-0.25, -0.2) is 9.18 Å². The summed E-state index contributed by atoms with van der Waals surface area (Å²) in [6, 6.07) is 6.41. The first-order valence-electron chi connectivity index (χ1n) is 8.26. The van der Waals surface area contributed by atoms with Crippen molar-refractivity contribution in [3.63, 3.8) is 0 Å². The molecule has 1 fully saturated rings. The molecule has 1 aromatic rings. The monoisotopic (exact) mass is 353 g/mol. The lowest BCUT2D eigenvalue weighted by molar-refractivity contribution is -0.128. The number of rotatable bonds is 7. The van der Waals surface area contributed by atoms with Gasteiger partial charge >= 0.3 is 6.03 Å². The van der Waals surface area contributed by atoms with Crippen LogP contribution in [-0.2, 0) is 4.79 Å². The molecule has 0 aliphatic carbocycles. The van der Waals surface area contributed by atoms with Gasteiger partial charge < -0.3 is 15.1 Å². The fourth-order valence-corrected chi connectivity index (χ4v) is 3.84. The highest BCUT2D eigenvalue weighted by Crippen LogP contribution is 2.39. The van der Waals surface area contributed by atoms with Crippen molar-refractivity contribution in [3.05, 3.63) is 35.6 Å². The normalized spacial score (nSPS) is 17.2. The molecule has 0 bridgehead atoms. The van der Waals surface area contributed by atoms with Crippen molar-refractivity contribution in [3.8, 4) is 0 Å². The van der Waals surface area contributed by atoms with Crippen LogP contribution >= 0.6 is 11.8 Å². The molecule has 3 amide bonds. The lowest BCUT2D eigenvalue weighted by Gasteiger charge is -2.28. The molecule has 1 heterocycles. The molecule has 0 radical (unpaired) electrons. The zero-order valence-electron chi connectivity index (χ0n) is 14.1. The summed E-state index contributed by atoms with van der Waals surface area (Å²) < 4.78 is 14.0. The first-order valence-corrected chi connectivity index (χ1v) is 9.31. The summed E-state index contributed by atoms with van der Waals surface area (Å²) in [4.78, 5) is 27.6. The fraction of sp³-hybridized carbons (Fsp3) is 0.529. The van der Waals surface area contributed by atoms with Gasteiger partial charge in [0.05, 0.1) is 5.75 Å². The first kappa shape index (κ1) is 18.6. The average Bonchev–Trinajstić information content (AvgIpc) is 2.94. The summed E-state index contributed by atoms with van der Waals surface area (Å²) in [5, 5.41) is 2.52. The number of amides is 3. The van der Waals surface area contributed by atoms with Crippen LogP contribution in [-0.4, -0.2) is 53.7 Å². The van der Waals surface area contributed by atoms with Crippen molar-refractivity contribution in [2.24, 2.45) is 0 Å². The van der Waals surface area contributed by atoms with Crippen LogP contribution in [0.2, 0.25) is 0 Å². The van der Waals surface area contributed by atoms with Crippen LogP contribution < -0.4 is 5.32 Å². The van der Waals surface area contributed by atoms with Crippen molar-refractivity contribution in [2.45, 2.75) is 25.6 Å². The lowest BCUT2D eigenvalue weighted by Crippen LogP contribution is -2.44. The molecule has 1 N–H and O–H groups in total. The van der Waals surface area contributed by atoms with Crippen LogP contribution in [0.1, 0.15) is 31.2 Å². The molecule has 5 nitrogen and oxygen atoms in total. The Morgan fingerprint density at radius 2 is 2.17 bits per heavy atom. The molecule has 2 rings (SSSR count). The van der Waals surface area contributed by atoms with E-state index < -0.39 is 0 Å². The Labute approximate surface area is 146 Å². The maximum Gasteiger partial charge on any atom is 0.317 e. The number of nitrogens with zero attached hydrogens (tertiary/aromatic N) is 2. The van der Waals surface area contributed by atoms with Crippen LogP contribution in [0.3, 0.4) is 0 Å². The van der Waals surface area contributed by atoms with Gasteiger partial charge in [0, 0.05) is 31.7 Å². The SMILES string of the molecule is CCCNC(=O)N(CC)CCN1C(=O)CS[C@H]1c1ccccc1F. The number of carbonyl (C=O) groups excluding carboxylic acids is 2. The minimum atomic E-state index is -0.323. The van der Waals surface area contributed by atoms with Gasteiger partial charge in [0.15, 0.2) is 0 Å². The number of hydrogen-bond donors (Lipinski definition) is 1. The van der Waals surface area contributed by atoms with Gasteiger partial charge in [0.25, 0.3) is 0 Å². The van der Waals surface area contributed by atoms with E-state index in [9.17, 15) is 14.0 Å². The van der Waals surface area contributed by atoms with Gasteiger partial charge in [-0.05, 0) is 19.4 Å². The van der Waals surface area contributed by atoms with Crippen molar-refractivity contribution < 1.29 is 14.0 Å². The third-order valence-corrected chi connectivity index (χ3v) is 5.18. The second-order valence-corrected chi connectivity index (χ2v) is 6.65. The molecular formula is C17H24FN3O2S. The van der Waals surface area contributed by atoms with E-state index in [2.05, 4.69) is 5.32 Å². The van der Waals surface area contributed by atoms with Gasteiger partial charge in [-0.2, -0.15) is 0 Å². The molecule has 0 spiro atoms. The molecule has 0 saturated carbocycles. The Balaban J connectivity index is 2.02. The summed E-state index contributed by atoms with van der Waals surface area (Å²) >= 11 is 1.42. The van der Waals surface area contributed by atoms with E-state index in [0.717, 1.165) is 6.42 Å². The Hall–Kier alpha value is -1.76. The highest BCUT2D eigenvalue weighted by atomic mass is 32.2. The predicted molar refractivity (Wildman–Crippen MR) is 94.2 cm³/mol. The zero-order chi connectivity index (χ0) is 17.5. The fourth-order valence-electron chi connectivity index (χ4n) is 2.60. The van der Waals surface area contributed by atoms with Gasteiger partial charge in [0.2, 0.25) is 5.91 Å². The van der Waals surface area contributed by atoms with Crippen LogP contribution in [0.25, 0.3) is 0 Å². The number of carbonyl (C=O) groups is 2. The van der Waals surface area contributed by atoms with Gasteiger partial charge in [-0.3, -0.25) is 4.79 Å². The minimum absolute atomic E-state index is 0.0155. The first-order chi connectivity index (χ1) is 11.6.